The second-order valence-corrected chi connectivity index (χ2v) is 13.5. The minimum atomic E-state index is 0.0661. The minimum Gasteiger partial charge on any atom is -0.480 e. The highest BCUT2D eigenvalue weighted by Gasteiger charge is 2.68. The summed E-state index contributed by atoms with van der Waals surface area (Å²) in [6, 6.07) is 11.6. The number of hydrogen-bond acceptors (Lipinski definition) is 10. The van der Waals surface area contributed by atoms with Crippen LogP contribution in [-0.4, -0.2) is 70.9 Å². The molecule has 0 spiro atoms. The van der Waals surface area contributed by atoms with Gasteiger partial charge in [-0.05, 0) is 25.7 Å². The lowest BCUT2D eigenvalue weighted by Gasteiger charge is -2.69. The maximum Gasteiger partial charge on any atom is 0.237 e. The van der Waals surface area contributed by atoms with Crippen molar-refractivity contribution in [1.29, 1.82) is 0 Å². The van der Waals surface area contributed by atoms with Crippen molar-refractivity contribution < 1.29 is 19.0 Å². The van der Waals surface area contributed by atoms with Crippen molar-refractivity contribution in [3.05, 3.63) is 70.2 Å². The van der Waals surface area contributed by atoms with Crippen LogP contribution in [0.15, 0.2) is 48.8 Å². The van der Waals surface area contributed by atoms with Crippen LogP contribution in [0.25, 0.3) is 33.6 Å². The van der Waals surface area contributed by atoms with Gasteiger partial charge in [-0.25, -0.2) is 9.97 Å². The second-order valence-electron chi connectivity index (χ2n) is 12.7. The Morgan fingerprint density at radius 2 is 1.38 bits per heavy atom. The highest BCUT2D eigenvalue weighted by molar-refractivity contribution is 6.39. The summed E-state index contributed by atoms with van der Waals surface area (Å²) in [5.41, 5.74) is 5.61. The standard InChI is InChI=1S/C35H37Cl2N7O4/c1-46-32-27(13-38-12-20-10-11-29(45)42-20)39-14-25(43-32)23-8-4-6-21(30(23)36)22-7-5-9-24(31(22)37)26-15-40-28(33(44-26)47-2)16-41-34-17-35(18-34,19-34)48-3/h4-9,14-15,20,38,41H,10-13,16-19H2,1-3H3,(H,42,45)/t20-,34?,35?/m0/s1. The van der Waals surface area contributed by atoms with E-state index in [-0.39, 0.29) is 23.1 Å². The summed E-state index contributed by atoms with van der Waals surface area (Å²) < 4.78 is 16.9. The maximum absolute atomic E-state index is 11.5. The lowest BCUT2D eigenvalue weighted by Crippen LogP contribution is -2.78. The molecular formula is C35H37Cl2N7O4. The number of methoxy groups -OCH3 is 3. The minimum absolute atomic E-state index is 0.0661. The van der Waals surface area contributed by atoms with Gasteiger partial charge in [-0.1, -0.05) is 59.6 Å². The van der Waals surface area contributed by atoms with Crippen LogP contribution >= 0.6 is 23.2 Å². The van der Waals surface area contributed by atoms with Crippen LogP contribution in [0, 0.1) is 0 Å². The van der Waals surface area contributed by atoms with Gasteiger partial charge in [-0.2, -0.15) is 0 Å². The average molecular weight is 691 g/mol. The number of benzene rings is 2. The molecular weight excluding hydrogens is 653 g/mol. The fourth-order valence-electron chi connectivity index (χ4n) is 7.06. The third-order valence-electron chi connectivity index (χ3n) is 9.66. The van der Waals surface area contributed by atoms with E-state index >= 15 is 0 Å². The summed E-state index contributed by atoms with van der Waals surface area (Å²) in [4.78, 5) is 30.3. The van der Waals surface area contributed by atoms with Crippen LogP contribution in [0.1, 0.15) is 43.5 Å². The van der Waals surface area contributed by atoms with Gasteiger partial charge < -0.3 is 30.2 Å². The molecule has 3 saturated carbocycles. The molecule has 2 bridgehead atoms. The molecule has 1 aliphatic heterocycles. The number of halogens is 2. The molecule has 3 heterocycles. The zero-order chi connectivity index (χ0) is 33.5. The first-order valence-corrected chi connectivity index (χ1v) is 16.7. The first-order valence-electron chi connectivity index (χ1n) is 15.9. The molecule has 3 N–H and O–H groups in total. The van der Waals surface area contributed by atoms with Crippen molar-refractivity contribution in [3.8, 4) is 45.4 Å². The Morgan fingerprint density at radius 3 is 1.88 bits per heavy atom. The van der Waals surface area contributed by atoms with Crippen molar-refractivity contribution in [1.82, 2.24) is 35.9 Å². The number of nitrogens with zero attached hydrogens (tertiary/aromatic N) is 4. The number of rotatable bonds is 13. The van der Waals surface area contributed by atoms with Crippen LogP contribution in [0.4, 0.5) is 0 Å². The largest absolute Gasteiger partial charge is 0.480 e. The van der Waals surface area contributed by atoms with E-state index in [1.165, 1.54) is 0 Å². The predicted octanol–water partition coefficient (Wildman–Crippen LogP) is 5.37. The number of carbonyl (C=O) groups excluding carboxylic acids is 1. The van der Waals surface area contributed by atoms with Gasteiger partial charge in [-0.3, -0.25) is 14.8 Å². The van der Waals surface area contributed by atoms with Crippen molar-refractivity contribution in [2.75, 3.05) is 27.9 Å². The second kappa shape index (κ2) is 13.2. The van der Waals surface area contributed by atoms with Crippen molar-refractivity contribution in [2.45, 2.75) is 62.4 Å². The van der Waals surface area contributed by atoms with E-state index in [9.17, 15) is 4.79 Å². The molecule has 4 aromatic rings. The molecule has 1 amide bonds. The van der Waals surface area contributed by atoms with E-state index < -0.39 is 0 Å². The Kier molecular flexibility index (Phi) is 8.99. The Labute approximate surface area is 289 Å². The monoisotopic (exact) mass is 689 g/mol. The summed E-state index contributed by atoms with van der Waals surface area (Å²) in [5.74, 6) is 0.931. The van der Waals surface area contributed by atoms with E-state index in [0.717, 1.165) is 42.5 Å². The molecule has 8 rings (SSSR count). The number of carbonyl (C=O) groups is 1. The molecule has 2 aromatic heterocycles. The molecule has 11 nitrogen and oxygen atoms in total. The maximum atomic E-state index is 11.5. The molecule has 0 unspecified atom stereocenters. The summed E-state index contributed by atoms with van der Waals surface area (Å²) in [6.07, 6.45) is 7.83. The van der Waals surface area contributed by atoms with E-state index in [1.54, 1.807) is 33.7 Å². The molecule has 4 fully saturated rings. The van der Waals surface area contributed by atoms with Crippen molar-refractivity contribution in [3.63, 3.8) is 0 Å². The van der Waals surface area contributed by atoms with Gasteiger partial charge >= 0.3 is 0 Å². The van der Waals surface area contributed by atoms with Gasteiger partial charge in [0, 0.05) is 67.0 Å². The molecule has 250 valence electrons. The van der Waals surface area contributed by atoms with Crippen molar-refractivity contribution >= 4 is 29.1 Å². The summed E-state index contributed by atoms with van der Waals surface area (Å²) >= 11 is 14.1. The Morgan fingerprint density at radius 1 is 0.833 bits per heavy atom. The van der Waals surface area contributed by atoms with E-state index in [1.807, 2.05) is 36.4 Å². The molecule has 4 aliphatic rings. The van der Waals surface area contributed by atoms with Crippen LogP contribution in [-0.2, 0) is 22.6 Å². The van der Waals surface area contributed by atoms with E-state index in [0.29, 0.717) is 76.1 Å². The van der Waals surface area contributed by atoms with Gasteiger partial charge in [0.2, 0.25) is 17.7 Å². The smallest absolute Gasteiger partial charge is 0.237 e. The Balaban J connectivity index is 1.10. The Hall–Kier alpha value is -3.87. The highest BCUT2D eigenvalue weighted by atomic mass is 35.5. The summed E-state index contributed by atoms with van der Waals surface area (Å²) in [6.45, 7) is 1.64. The first kappa shape index (κ1) is 32.7. The van der Waals surface area contributed by atoms with Gasteiger partial charge in [0.15, 0.2) is 0 Å². The van der Waals surface area contributed by atoms with Gasteiger partial charge in [-0.15, -0.1) is 0 Å². The van der Waals surface area contributed by atoms with Crippen LogP contribution in [0.3, 0.4) is 0 Å². The average Bonchev–Trinajstić information content (AvgIpc) is 3.49. The SMILES string of the molecule is COc1nc(-c2cccc(-c3cccc(-c4cnc(CNC56CC(OC)(C5)C6)c(OC)n4)c3Cl)c2Cl)cnc1CNC[C@@H]1CCC(=O)N1. The zero-order valence-electron chi connectivity index (χ0n) is 27.0. The van der Waals surface area contributed by atoms with Crippen LogP contribution in [0.2, 0.25) is 10.0 Å². The number of aromatic nitrogens is 4. The molecule has 1 saturated heterocycles. The summed E-state index contributed by atoms with van der Waals surface area (Å²) in [5, 5.41) is 10.9. The lowest BCUT2D eigenvalue weighted by atomic mass is 9.46. The number of nitrogens with one attached hydrogen (secondary N) is 3. The molecule has 3 aliphatic carbocycles. The number of ether oxygens (including phenoxy) is 3. The zero-order valence-corrected chi connectivity index (χ0v) is 28.5. The molecule has 0 radical (unpaired) electrons. The van der Waals surface area contributed by atoms with E-state index in [4.69, 9.17) is 52.4 Å². The number of amides is 1. The fourth-order valence-corrected chi connectivity index (χ4v) is 7.71. The van der Waals surface area contributed by atoms with Gasteiger partial charge in [0.05, 0.1) is 53.6 Å². The molecule has 1 atom stereocenters. The number of hydrogen-bond donors (Lipinski definition) is 3. The van der Waals surface area contributed by atoms with Crippen LogP contribution < -0.4 is 25.4 Å². The quantitative estimate of drug-likeness (QED) is 0.168. The van der Waals surface area contributed by atoms with Gasteiger partial charge in [0.1, 0.15) is 11.4 Å². The third kappa shape index (κ3) is 6.10. The Bertz CT molecular complexity index is 1850. The first-order chi connectivity index (χ1) is 23.3. The van der Waals surface area contributed by atoms with Crippen molar-refractivity contribution in [2.24, 2.45) is 0 Å². The van der Waals surface area contributed by atoms with E-state index in [2.05, 4.69) is 20.9 Å². The summed E-state index contributed by atoms with van der Waals surface area (Å²) in [7, 11) is 4.94. The topological polar surface area (TPSA) is 132 Å². The van der Waals surface area contributed by atoms with Crippen LogP contribution in [0.5, 0.6) is 11.8 Å². The fraction of sp³-hybridized carbons (Fsp3) is 0.400. The molecule has 48 heavy (non-hydrogen) atoms. The van der Waals surface area contributed by atoms with Gasteiger partial charge in [0.25, 0.3) is 0 Å². The molecule has 13 heteroatoms. The predicted molar refractivity (Wildman–Crippen MR) is 183 cm³/mol. The third-order valence-corrected chi connectivity index (χ3v) is 10.5. The molecule has 2 aromatic carbocycles. The highest BCUT2D eigenvalue weighted by Crippen LogP contribution is 2.62. The normalized spacial score (nSPS) is 22.5. The lowest BCUT2D eigenvalue weighted by molar-refractivity contribution is -0.238.